The minimum Gasteiger partial charge on any atom is -0.462 e. The van der Waals surface area contributed by atoms with Crippen LogP contribution in [-0.2, 0) is 16.1 Å². The van der Waals surface area contributed by atoms with Crippen LogP contribution in [0.2, 0.25) is 0 Å². The molecule has 0 aliphatic rings. The fraction of sp³-hybridized carbons (Fsp3) is 0.375. The number of hydrogen-bond acceptors (Lipinski definition) is 4. The number of esters is 1. The maximum Gasteiger partial charge on any atom is 0.405 e. The smallest absolute Gasteiger partial charge is 0.405 e. The molecule has 0 saturated heterocycles. The number of alkyl halides is 3. The summed E-state index contributed by atoms with van der Waals surface area (Å²) in [5, 5.41) is 4.08. The minimum absolute atomic E-state index is 0.00417. The summed E-state index contributed by atoms with van der Waals surface area (Å²) >= 11 is 0. The second-order valence-corrected chi connectivity index (χ2v) is 7.68. The van der Waals surface area contributed by atoms with Gasteiger partial charge in [-0.2, -0.15) is 13.2 Å². The van der Waals surface area contributed by atoms with Crippen LogP contribution in [0.3, 0.4) is 0 Å². The van der Waals surface area contributed by atoms with Gasteiger partial charge in [-0.15, -0.1) is 0 Å². The van der Waals surface area contributed by atoms with Gasteiger partial charge in [0.2, 0.25) is 5.91 Å². The first-order chi connectivity index (χ1) is 16.3. The van der Waals surface area contributed by atoms with E-state index in [2.05, 4.69) is 5.32 Å². The zero-order chi connectivity index (χ0) is 26.5. The normalized spacial score (nSPS) is 11.6. The predicted molar refractivity (Wildman–Crippen MR) is 123 cm³/mol. The minimum atomic E-state index is -4.63. The van der Waals surface area contributed by atoms with E-state index in [0.717, 1.165) is 23.9 Å². The van der Waals surface area contributed by atoms with Crippen LogP contribution in [0.25, 0.3) is 6.08 Å². The quantitative estimate of drug-likeness (QED) is 0.315. The van der Waals surface area contributed by atoms with E-state index in [0.29, 0.717) is 23.4 Å². The second kappa shape index (κ2) is 11.2. The number of aromatic nitrogens is 1. The fourth-order valence-electron chi connectivity index (χ4n) is 3.60. The predicted octanol–water partition coefficient (Wildman–Crippen LogP) is 4.69. The third-order valence-corrected chi connectivity index (χ3v) is 5.34. The number of hydrogen-bond donors (Lipinski definition) is 2. The van der Waals surface area contributed by atoms with Crippen molar-refractivity contribution in [3.8, 4) is 0 Å². The van der Waals surface area contributed by atoms with Crippen molar-refractivity contribution < 1.29 is 36.7 Å². The SMILES string of the molecule is CCOC(=O)c1c(/C=C/C(=O)Nc2cc(C(=O)NCC(F)(F)F)cc(F)c2C)c(C)n(CC)c1C. The fourth-order valence-corrected chi connectivity index (χ4v) is 3.60. The number of nitrogens with one attached hydrogen (secondary N) is 2. The lowest BCUT2D eigenvalue weighted by Gasteiger charge is -2.12. The number of halogens is 4. The molecule has 2 N–H and O–H groups in total. The molecule has 0 fully saturated rings. The van der Waals surface area contributed by atoms with Gasteiger partial charge in [-0.25, -0.2) is 9.18 Å². The summed E-state index contributed by atoms with van der Waals surface area (Å²) in [5.41, 5.74) is 1.76. The highest BCUT2D eigenvalue weighted by Gasteiger charge is 2.28. The van der Waals surface area contributed by atoms with E-state index < -0.39 is 36.3 Å². The van der Waals surface area contributed by atoms with Crippen LogP contribution >= 0.6 is 0 Å². The Hall–Kier alpha value is -3.63. The topological polar surface area (TPSA) is 89.4 Å². The number of nitrogens with zero attached hydrogens (tertiary/aromatic N) is 1. The largest absolute Gasteiger partial charge is 0.462 e. The summed E-state index contributed by atoms with van der Waals surface area (Å²) in [6.07, 6.45) is -2.06. The van der Waals surface area contributed by atoms with Crippen LogP contribution < -0.4 is 10.6 Å². The Morgan fingerprint density at radius 3 is 2.31 bits per heavy atom. The molecule has 0 bridgehead atoms. The van der Waals surface area contributed by atoms with E-state index in [-0.39, 0.29) is 23.4 Å². The average molecular weight is 497 g/mol. The van der Waals surface area contributed by atoms with E-state index in [9.17, 15) is 31.9 Å². The number of rotatable bonds is 8. The molecule has 0 aliphatic carbocycles. The third kappa shape index (κ3) is 6.71. The maximum atomic E-state index is 14.3. The number of carbonyl (C=O) groups excluding carboxylic acids is 3. The lowest BCUT2D eigenvalue weighted by Crippen LogP contribution is -2.33. The molecule has 190 valence electrons. The van der Waals surface area contributed by atoms with Crippen molar-refractivity contribution in [1.29, 1.82) is 0 Å². The Bertz CT molecular complexity index is 1170. The molecule has 2 aromatic rings. The summed E-state index contributed by atoms with van der Waals surface area (Å²) in [7, 11) is 0. The van der Waals surface area contributed by atoms with Crippen molar-refractivity contribution in [3.05, 3.63) is 57.7 Å². The molecule has 0 unspecified atom stereocenters. The molecule has 35 heavy (non-hydrogen) atoms. The molecule has 1 aromatic heterocycles. The van der Waals surface area contributed by atoms with Gasteiger partial charge in [0, 0.05) is 46.4 Å². The zero-order valence-corrected chi connectivity index (χ0v) is 20.0. The standard InChI is InChI=1S/C24H27F4N3O4/c1-6-31-14(4)17(21(15(31)5)23(34)35-7-2)8-9-20(32)30-19-11-16(10-18(25)13(19)3)22(33)29-12-24(26,27)28/h8-11H,6-7,12H2,1-5H3,(H,29,33)(H,30,32)/b9-8+. The van der Waals surface area contributed by atoms with Crippen molar-refractivity contribution in [3.63, 3.8) is 0 Å². The average Bonchev–Trinajstić information content (AvgIpc) is 3.01. The van der Waals surface area contributed by atoms with Crippen molar-refractivity contribution in [1.82, 2.24) is 9.88 Å². The van der Waals surface area contributed by atoms with E-state index in [4.69, 9.17) is 4.74 Å². The molecule has 1 aromatic carbocycles. The first-order valence-electron chi connectivity index (χ1n) is 10.8. The Balaban J connectivity index is 2.32. The second-order valence-electron chi connectivity index (χ2n) is 7.68. The lowest BCUT2D eigenvalue weighted by molar-refractivity contribution is -0.123. The van der Waals surface area contributed by atoms with Crippen molar-refractivity contribution in [2.24, 2.45) is 0 Å². The number of benzene rings is 1. The summed E-state index contributed by atoms with van der Waals surface area (Å²) in [6.45, 7) is 7.68. The van der Waals surface area contributed by atoms with Gasteiger partial charge in [0.1, 0.15) is 12.4 Å². The number of carbonyl (C=O) groups is 3. The summed E-state index contributed by atoms with van der Waals surface area (Å²) < 4.78 is 58.4. The zero-order valence-electron chi connectivity index (χ0n) is 20.0. The Morgan fingerprint density at radius 2 is 1.74 bits per heavy atom. The van der Waals surface area contributed by atoms with Crippen molar-refractivity contribution in [2.75, 3.05) is 18.5 Å². The molecule has 2 amide bonds. The van der Waals surface area contributed by atoms with Gasteiger partial charge in [0.25, 0.3) is 5.91 Å². The number of anilines is 1. The Labute approximate surface area is 200 Å². The summed E-state index contributed by atoms with van der Waals surface area (Å²) in [4.78, 5) is 37.1. The monoisotopic (exact) mass is 497 g/mol. The molecule has 0 radical (unpaired) electrons. The highest BCUT2D eigenvalue weighted by atomic mass is 19.4. The van der Waals surface area contributed by atoms with Gasteiger partial charge in [-0.1, -0.05) is 0 Å². The summed E-state index contributed by atoms with van der Waals surface area (Å²) in [5.74, 6) is -3.24. The van der Waals surface area contributed by atoms with E-state index in [1.807, 2.05) is 11.5 Å². The first-order valence-corrected chi connectivity index (χ1v) is 10.8. The van der Waals surface area contributed by atoms with Gasteiger partial charge in [-0.3, -0.25) is 9.59 Å². The number of ether oxygens (including phenoxy) is 1. The molecule has 0 aliphatic heterocycles. The number of amides is 2. The van der Waals surface area contributed by atoms with Gasteiger partial charge in [-0.05, 0) is 52.8 Å². The van der Waals surface area contributed by atoms with Gasteiger partial charge >= 0.3 is 12.1 Å². The maximum absolute atomic E-state index is 14.3. The van der Waals surface area contributed by atoms with Crippen LogP contribution in [0, 0.1) is 26.6 Å². The highest BCUT2D eigenvalue weighted by Crippen LogP contribution is 2.26. The van der Waals surface area contributed by atoms with E-state index in [1.54, 1.807) is 26.1 Å². The molecule has 1 heterocycles. The molecular formula is C24H27F4N3O4. The van der Waals surface area contributed by atoms with Gasteiger partial charge in [0.05, 0.1) is 12.2 Å². The lowest BCUT2D eigenvalue weighted by atomic mass is 10.1. The molecule has 2 rings (SSSR count). The Kier molecular flexibility index (Phi) is 8.83. The first kappa shape index (κ1) is 27.6. The Morgan fingerprint density at radius 1 is 1.09 bits per heavy atom. The molecule has 0 spiro atoms. The van der Waals surface area contributed by atoms with Crippen LogP contribution in [0.15, 0.2) is 18.2 Å². The van der Waals surface area contributed by atoms with Crippen LogP contribution in [-0.4, -0.2) is 41.7 Å². The van der Waals surface area contributed by atoms with Crippen LogP contribution in [0.4, 0.5) is 23.2 Å². The van der Waals surface area contributed by atoms with E-state index in [1.165, 1.54) is 13.0 Å². The summed E-state index contributed by atoms with van der Waals surface area (Å²) in [6, 6.07) is 1.88. The molecule has 11 heteroatoms. The molecule has 7 nitrogen and oxygen atoms in total. The highest BCUT2D eigenvalue weighted by molar-refractivity contribution is 6.05. The van der Waals surface area contributed by atoms with Gasteiger partial charge < -0.3 is 19.9 Å². The van der Waals surface area contributed by atoms with Crippen molar-refractivity contribution >= 4 is 29.5 Å². The van der Waals surface area contributed by atoms with Crippen molar-refractivity contribution in [2.45, 2.75) is 47.3 Å². The van der Waals surface area contributed by atoms with Crippen LogP contribution in [0.5, 0.6) is 0 Å². The molecular weight excluding hydrogens is 470 g/mol. The van der Waals surface area contributed by atoms with Crippen LogP contribution in [0.1, 0.15) is 57.1 Å². The molecule has 0 atom stereocenters. The molecule has 0 saturated carbocycles. The third-order valence-electron chi connectivity index (χ3n) is 5.34. The van der Waals surface area contributed by atoms with Gasteiger partial charge in [0.15, 0.2) is 0 Å². The van der Waals surface area contributed by atoms with E-state index >= 15 is 0 Å².